The molecule has 0 radical (unpaired) electrons. The number of carbonyl (C=O) groups excluding carboxylic acids is 1. The lowest BCUT2D eigenvalue weighted by Gasteiger charge is -2.20. The average molecular weight is 390 g/mol. The van der Waals surface area contributed by atoms with Gasteiger partial charge in [-0.05, 0) is 20.3 Å². The number of allylic oxidation sites excluding steroid dienone is 1. The molecule has 3 aromatic rings. The quantitative estimate of drug-likeness (QED) is 0.643. The fraction of sp³-hybridized carbons (Fsp3) is 0.348. The molecule has 2 aromatic heterocycles. The highest BCUT2D eigenvalue weighted by atomic mass is 16.2. The molecule has 0 saturated heterocycles. The molecule has 0 atom stereocenters. The molecule has 0 unspecified atom stereocenters. The van der Waals surface area contributed by atoms with Gasteiger partial charge in [0.1, 0.15) is 0 Å². The van der Waals surface area contributed by atoms with E-state index in [4.69, 9.17) is 5.10 Å². The summed E-state index contributed by atoms with van der Waals surface area (Å²) in [4.78, 5) is 15.3. The Labute approximate surface area is 171 Å². The summed E-state index contributed by atoms with van der Waals surface area (Å²) in [5, 5.41) is 9.30. The number of aromatic nitrogens is 4. The van der Waals surface area contributed by atoms with Gasteiger partial charge in [-0.1, -0.05) is 36.4 Å². The molecule has 1 amide bonds. The Balaban J connectivity index is 1.61. The maximum absolute atomic E-state index is 13.3. The van der Waals surface area contributed by atoms with Crippen LogP contribution in [-0.4, -0.2) is 43.5 Å². The van der Waals surface area contributed by atoms with E-state index in [1.165, 1.54) is 11.3 Å². The molecule has 0 bridgehead atoms. The lowest BCUT2D eigenvalue weighted by Crippen LogP contribution is -2.34. The number of aryl methyl sites for hydroxylation is 2. The van der Waals surface area contributed by atoms with Gasteiger partial charge in [0.15, 0.2) is 0 Å². The van der Waals surface area contributed by atoms with E-state index in [9.17, 15) is 4.79 Å². The first-order valence-corrected chi connectivity index (χ1v) is 10.1. The third-order valence-electron chi connectivity index (χ3n) is 5.76. The Morgan fingerprint density at radius 2 is 1.86 bits per heavy atom. The van der Waals surface area contributed by atoms with Gasteiger partial charge in [-0.25, -0.2) is 0 Å². The van der Waals surface area contributed by atoms with Crippen LogP contribution in [-0.2, 0) is 26.4 Å². The summed E-state index contributed by atoms with van der Waals surface area (Å²) >= 11 is 0. The van der Waals surface area contributed by atoms with Gasteiger partial charge in [0.2, 0.25) is 0 Å². The average Bonchev–Trinajstić information content (AvgIpc) is 3.06. The van der Waals surface area contributed by atoms with Crippen LogP contribution in [0.25, 0.3) is 11.3 Å². The number of hydrogen-bond acceptors (Lipinski definition) is 3. The Bertz CT molecular complexity index is 1060. The number of nitrogens with zero attached hydrogens (tertiary/aromatic N) is 5. The van der Waals surface area contributed by atoms with Gasteiger partial charge in [0.25, 0.3) is 5.91 Å². The van der Waals surface area contributed by atoms with E-state index < -0.39 is 0 Å². The number of fused-ring (bicyclic) bond motifs is 1. The zero-order valence-corrected chi connectivity index (χ0v) is 17.4. The van der Waals surface area contributed by atoms with Crippen LogP contribution in [0.3, 0.4) is 0 Å². The van der Waals surface area contributed by atoms with Crippen LogP contribution in [0.15, 0.2) is 43.0 Å². The smallest absolute Gasteiger partial charge is 0.257 e. The summed E-state index contributed by atoms with van der Waals surface area (Å²) in [6.45, 7) is 9.62. The topological polar surface area (TPSA) is 56.0 Å². The molecule has 1 aromatic carbocycles. The molecule has 6 heteroatoms. The van der Waals surface area contributed by atoms with Crippen molar-refractivity contribution in [2.75, 3.05) is 13.1 Å². The maximum atomic E-state index is 13.3. The largest absolute Gasteiger partial charge is 0.338 e. The predicted octanol–water partition coefficient (Wildman–Crippen LogP) is 3.33. The Morgan fingerprint density at radius 3 is 2.59 bits per heavy atom. The second-order valence-corrected chi connectivity index (χ2v) is 7.57. The number of benzene rings is 1. The first-order valence-electron chi connectivity index (χ1n) is 10.1. The summed E-state index contributed by atoms with van der Waals surface area (Å²) in [5.74, 6) is 0.0670. The molecule has 4 rings (SSSR count). The van der Waals surface area contributed by atoms with Gasteiger partial charge >= 0.3 is 0 Å². The predicted molar refractivity (Wildman–Crippen MR) is 114 cm³/mol. The van der Waals surface area contributed by atoms with E-state index in [0.29, 0.717) is 19.6 Å². The standard InChI is InChI=1S/C23H27N5O/c1-5-13-28-17(3)21(16(2)24-28)23(29)27-14-11-19-20(12-15-27)26(4)25-22(19)18-9-7-6-8-10-18/h5-10H,1,11-15H2,2-4H3. The van der Waals surface area contributed by atoms with Gasteiger partial charge in [0, 0.05) is 49.1 Å². The van der Waals surface area contributed by atoms with Gasteiger partial charge in [-0.2, -0.15) is 10.2 Å². The van der Waals surface area contributed by atoms with Gasteiger partial charge in [0.05, 0.1) is 23.5 Å². The van der Waals surface area contributed by atoms with Crippen molar-refractivity contribution in [3.63, 3.8) is 0 Å². The number of hydrogen-bond donors (Lipinski definition) is 0. The van der Waals surface area contributed by atoms with E-state index in [0.717, 1.165) is 41.1 Å². The highest BCUT2D eigenvalue weighted by Crippen LogP contribution is 2.28. The second-order valence-electron chi connectivity index (χ2n) is 7.57. The van der Waals surface area contributed by atoms with Crippen LogP contribution < -0.4 is 0 Å². The molecule has 150 valence electrons. The number of amides is 1. The zero-order chi connectivity index (χ0) is 20.5. The van der Waals surface area contributed by atoms with Gasteiger partial charge in [-0.3, -0.25) is 14.2 Å². The molecular weight excluding hydrogens is 362 g/mol. The van der Waals surface area contributed by atoms with Gasteiger partial charge < -0.3 is 4.90 Å². The third-order valence-corrected chi connectivity index (χ3v) is 5.76. The van der Waals surface area contributed by atoms with E-state index in [2.05, 4.69) is 23.8 Å². The van der Waals surface area contributed by atoms with E-state index in [1.54, 1.807) is 6.08 Å². The van der Waals surface area contributed by atoms with Gasteiger partial charge in [-0.15, -0.1) is 6.58 Å². The van der Waals surface area contributed by atoms with E-state index >= 15 is 0 Å². The highest BCUT2D eigenvalue weighted by molar-refractivity contribution is 5.96. The Morgan fingerprint density at radius 1 is 1.14 bits per heavy atom. The molecule has 1 aliphatic rings. The molecule has 29 heavy (non-hydrogen) atoms. The van der Waals surface area contributed by atoms with Crippen molar-refractivity contribution in [2.24, 2.45) is 7.05 Å². The van der Waals surface area contributed by atoms with E-state index in [-0.39, 0.29) is 5.91 Å². The van der Waals surface area contributed by atoms with Crippen molar-refractivity contribution >= 4 is 5.91 Å². The first kappa shape index (κ1) is 19.2. The van der Waals surface area contributed by atoms with Crippen LogP contribution in [0.4, 0.5) is 0 Å². The molecule has 6 nitrogen and oxygen atoms in total. The summed E-state index contributed by atoms with van der Waals surface area (Å²) < 4.78 is 3.82. The lowest BCUT2D eigenvalue weighted by atomic mass is 10.0. The minimum atomic E-state index is 0.0670. The number of carbonyl (C=O) groups is 1. The second kappa shape index (κ2) is 7.70. The molecule has 0 saturated carbocycles. The van der Waals surface area contributed by atoms with E-state index in [1.807, 2.05) is 53.4 Å². The van der Waals surface area contributed by atoms with Crippen molar-refractivity contribution in [1.29, 1.82) is 0 Å². The van der Waals surface area contributed by atoms with Crippen LogP contribution in [0.1, 0.15) is 33.0 Å². The first-order chi connectivity index (χ1) is 14.0. The fourth-order valence-corrected chi connectivity index (χ4v) is 4.27. The molecule has 1 aliphatic heterocycles. The zero-order valence-electron chi connectivity index (χ0n) is 17.4. The minimum absolute atomic E-state index is 0.0670. The maximum Gasteiger partial charge on any atom is 0.257 e. The monoisotopic (exact) mass is 389 g/mol. The molecule has 3 heterocycles. The summed E-state index contributed by atoms with van der Waals surface area (Å²) in [6.07, 6.45) is 3.41. The third kappa shape index (κ3) is 3.39. The van der Waals surface area contributed by atoms with Crippen LogP contribution in [0.5, 0.6) is 0 Å². The fourth-order valence-electron chi connectivity index (χ4n) is 4.27. The van der Waals surface area contributed by atoms with Crippen molar-refractivity contribution in [3.8, 4) is 11.3 Å². The summed E-state index contributed by atoms with van der Waals surface area (Å²) in [6, 6.07) is 10.3. The van der Waals surface area contributed by atoms with Crippen molar-refractivity contribution in [2.45, 2.75) is 33.2 Å². The SMILES string of the molecule is C=CCn1nc(C)c(C(=O)N2CCc3c(-c4ccccc4)nn(C)c3CC2)c1C. The molecule has 0 fully saturated rings. The van der Waals surface area contributed by atoms with Crippen molar-refractivity contribution in [1.82, 2.24) is 24.5 Å². The van der Waals surface area contributed by atoms with Crippen LogP contribution in [0, 0.1) is 13.8 Å². The lowest BCUT2D eigenvalue weighted by molar-refractivity contribution is 0.0761. The van der Waals surface area contributed by atoms with Crippen molar-refractivity contribution in [3.05, 3.63) is 71.2 Å². The molecular formula is C23H27N5O. The molecule has 0 spiro atoms. The van der Waals surface area contributed by atoms with Crippen LogP contribution >= 0.6 is 0 Å². The van der Waals surface area contributed by atoms with Crippen molar-refractivity contribution < 1.29 is 4.79 Å². The summed E-state index contributed by atoms with van der Waals surface area (Å²) in [7, 11) is 2.00. The normalized spacial score (nSPS) is 13.8. The Kier molecular flexibility index (Phi) is 5.09. The minimum Gasteiger partial charge on any atom is -0.338 e. The molecule has 0 N–H and O–H groups in total. The molecule has 0 aliphatic carbocycles. The Hall–Kier alpha value is -3.15. The highest BCUT2D eigenvalue weighted by Gasteiger charge is 2.28. The number of rotatable bonds is 4. The summed E-state index contributed by atoms with van der Waals surface area (Å²) in [5.41, 5.74) is 7.03. The van der Waals surface area contributed by atoms with Crippen LogP contribution in [0.2, 0.25) is 0 Å².